The SMILES string of the molecule is N#Cc1ccc(-c2cncc(-c3cc4cc(OCc5ccccc5)ccc4[nH]3)n2)cc1. The lowest BCUT2D eigenvalue weighted by Gasteiger charge is -2.06. The fourth-order valence-corrected chi connectivity index (χ4v) is 3.43. The van der Waals surface area contributed by atoms with Crippen LogP contribution >= 0.6 is 0 Å². The number of aromatic nitrogens is 3. The van der Waals surface area contributed by atoms with Crippen molar-refractivity contribution in [2.45, 2.75) is 6.61 Å². The van der Waals surface area contributed by atoms with Gasteiger partial charge in [-0.25, -0.2) is 4.98 Å². The minimum atomic E-state index is 0.530. The summed E-state index contributed by atoms with van der Waals surface area (Å²) in [6, 6.07) is 27.6. The zero-order valence-corrected chi connectivity index (χ0v) is 16.6. The van der Waals surface area contributed by atoms with Crippen LogP contribution in [0.1, 0.15) is 11.1 Å². The fraction of sp³-hybridized carbons (Fsp3) is 0.0385. The molecule has 0 bridgehead atoms. The van der Waals surface area contributed by atoms with Gasteiger partial charge in [-0.1, -0.05) is 42.5 Å². The topological polar surface area (TPSA) is 74.6 Å². The van der Waals surface area contributed by atoms with Crippen molar-refractivity contribution in [1.29, 1.82) is 5.26 Å². The molecule has 5 nitrogen and oxygen atoms in total. The average molecular weight is 402 g/mol. The molecule has 0 aliphatic rings. The van der Waals surface area contributed by atoms with Crippen LogP contribution < -0.4 is 4.74 Å². The Hall–Kier alpha value is -4.43. The van der Waals surface area contributed by atoms with Gasteiger partial charge in [-0.2, -0.15) is 5.26 Å². The van der Waals surface area contributed by atoms with Gasteiger partial charge in [-0.15, -0.1) is 0 Å². The molecule has 0 radical (unpaired) electrons. The highest BCUT2D eigenvalue weighted by Crippen LogP contribution is 2.27. The predicted molar refractivity (Wildman–Crippen MR) is 120 cm³/mol. The Morgan fingerprint density at radius 3 is 2.48 bits per heavy atom. The van der Waals surface area contributed by atoms with E-state index >= 15 is 0 Å². The van der Waals surface area contributed by atoms with Crippen LogP contribution in [0.2, 0.25) is 0 Å². The predicted octanol–water partition coefficient (Wildman–Crippen LogP) is 5.74. The third kappa shape index (κ3) is 4.00. The van der Waals surface area contributed by atoms with E-state index in [4.69, 9.17) is 15.0 Å². The standard InChI is InChI=1S/C26H18N4O/c27-14-18-6-8-20(9-7-18)25-15-28-16-26(30-25)24-13-21-12-22(10-11-23(21)29-24)31-17-19-4-2-1-3-5-19/h1-13,15-16,29H,17H2. The smallest absolute Gasteiger partial charge is 0.120 e. The molecular weight excluding hydrogens is 384 g/mol. The summed E-state index contributed by atoms with van der Waals surface area (Å²) < 4.78 is 5.95. The molecule has 0 aliphatic heterocycles. The average Bonchev–Trinajstić information content (AvgIpc) is 3.27. The molecule has 0 amide bonds. The van der Waals surface area contributed by atoms with Gasteiger partial charge in [0.15, 0.2) is 0 Å². The highest BCUT2D eigenvalue weighted by Gasteiger charge is 2.09. The third-order valence-electron chi connectivity index (χ3n) is 5.06. The zero-order chi connectivity index (χ0) is 21.0. The maximum absolute atomic E-state index is 8.98. The van der Waals surface area contributed by atoms with E-state index in [9.17, 15) is 0 Å². The Morgan fingerprint density at radius 1 is 0.871 bits per heavy atom. The van der Waals surface area contributed by atoms with Gasteiger partial charge in [0, 0.05) is 16.5 Å². The van der Waals surface area contributed by atoms with E-state index in [0.717, 1.165) is 44.9 Å². The van der Waals surface area contributed by atoms with Crippen LogP contribution in [0.3, 0.4) is 0 Å². The van der Waals surface area contributed by atoms with Crippen molar-refractivity contribution in [2.24, 2.45) is 0 Å². The minimum absolute atomic E-state index is 0.530. The first-order valence-electron chi connectivity index (χ1n) is 9.91. The summed E-state index contributed by atoms with van der Waals surface area (Å²) in [4.78, 5) is 12.5. The number of ether oxygens (including phenoxy) is 1. The maximum atomic E-state index is 8.98. The molecule has 0 saturated heterocycles. The molecule has 0 unspecified atom stereocenters. The van der Waals surface area contributed by atoms with Crippen molar-refractivity contribution in [3.63, 3.8) is 0 Å². The molecular formula is C26H18N4O. The Morgan fingerprint density at radius 2 is 1.68 bits per heavy atom. The van der Waals surface area contributed by atoms with E-state index in [1.807, 2.05) is 60.7 Å². The van der Waals surface area contributed by atoms with Crippen LogP contribution in [0.15, 0.2) is 91.3 Å². The first-order valence-corrected chi connectivity index (χ1v) is 9.91. The van der Waals surface area contributed by atoms with Gasteiger partial charge in [0.2, 0.25) is 0 Å². The first-order chi connectivity index (χ1) is 15.3. The molecule has 31 heavy (non-hydrogen) atoms. The molecule has 0 aliphatic carbocycles. The molecule has 2 aromatic heterocycles. The molecule has 0 fully saturated rings. The quantitative estimate of drug-likeness (QED) is 0.407. The van der Waals surface area contributed by atoms with Crippen molar-refractivity contribution in [3.05, 3.63) is 102 Å². The summed E-state index contributed by atoms with van der Waals surface area (Å²) in [5, 5.41) is 10.0. The Labute approximate surface area is 179 Å². The fourth-order valence-electron chi connectivity index (χ4n) is 3.43. The number of hydrogen-bond donors (Lipinski definition) is 1. The Bertz CT molecular complexity index is 1380. The third-order valence-corrected chi connectivity index (χ3v) is 5.06. The first kappa shape index (κ1) is 18.6. The second-order valence-corrected chi connectivity index (χ2v) is 7.19. The highest BCUT2D eigenvalue weighted by molar-refractivity contribution is 5.86. The molecule has 1 N–H and O–H groups in total. The van der Waals surface area contributed by atoms with Crippen LogP contribution in [0.5, 0.6) is 5.75 Å². The number of nitrogens with zero attached hydrogens (tertiary/aromatic N) is 3. The van der Waals surface area contributed by atoms with E-state index in [0.29, 0.717) is 12.2 Å². The van der Waals surface area contributed by atoms with E-state index < -0.39 is 0 Å². The van der Waals surface area contributed by atoms with E-state index in [1.165, 1.54) is 0 Å². The summed E-state index contributed by atoms with van der Waals surface area (Å²) in [6.45, 7) is 0.530. The molecule has 5 rings (SSSR count). The van der Waals surface area contributed by atoms with Crippen LogP contribution in [-0.2, 0) is 6.61 Å². The second kappa shape index (κ2) is 8.13. The van der Waals surface area contributed by atoms with Crippen molar-refractivity contribution in [3.8, 4) is 34.5 Å². The lowest BCUT2D eigenvalue weighted by molar-refractivity contribution is 0.306. The number of nitrogens with one attached hydrogen (secondary N) is 1. The Balaban J connectivity index is 1.40. The largest absolute Gasteiger partial charge is 0.489 e. The second-order valence-electron chi connectivity index (χ2n) is 7.19. The number of rotatable bonds is 5. The molecule has 3 aromatic carbocycles. The summed E-state index contributed by atoms with van der Waals surface area (Å²) in [5.74, 6) is 0.819. The van der Waals surface area contributed by atoms with Gasteiger partial charge in [-0.05, 0) is 42.0 Å². The summed E-state index contributed by atoms with van der Waals surface area (Å²) in [7, 11) is 0. The van der Waals surface area contributed by atoms with Crippen molar-refractivity contribution in [2.75, 3.05) is 0 Å². The lowest BCUT2D eigenvalue weighted by Crippen LogP contribution is -1.94. The maximum Gasteiger partial charge on any atom is 0.120 e. The van der Waals surface area contributed by atoms with Gasteiger partial charge < -0.3 is 9.72 Å². The number of hydrogen-bond acceptors (Lipinski definition) is 4. The molecule has 0 spiro atoms. The summed E-state index contributed by atoms with van der Waals surface area (Å²) in [6.07, 6.45) is 3.47. The Kier molecular flexibility index (Phi) is 4.88. The van der Waals surface area contributed by atoms with Crippen LogP contribution in [0, 0.1) is 11.3 Å². The zero-order valence-electron chi connectivity index (χ0n) is 16.6. The van der Waals surface area contributed by atoms with Crippen molar-refractivity contribution < 1.29 is 4.74 Å². The normalized spacial score (nSPS) is 10.7. The van der Waals surface area contributed by atoms with Gasteiger partial charge in [-0.3, -0.25) is 4.98 Å². The van der Waals surface area contributed by atoms with Crippen LogP contribution in [-0.4, -0.2) is 15.0 Å². The number of benzene rings is 3. The van der Waals surface area contributed by atoms with E-state index in [-0.39, 0.29) is 0 Å². The summed E-state index contributed by atoms with van der Waals surface area (Å²) >= 11 is 0. The van der Waals surface area contributed by atoms with Gasteiger partial charge >= 0.3 is 0 Å². The molecule has 0 saturated carbocycles. The van der Waals surface area contributed by atoms with Gasteiger partial charge in [0.05, 0.1) is 35.4 Å². The number of aromatic amines is 1. The van der Waals surface area contributed by atoms with Crippen molar-refractivity contribution >= 4 is 10.9 Å². The van der Waals surface area contributed by atoms with Crippen molar-refractivity contribution in [1.82, 2.24) is 15.0 Å². The molecule has 5 heteroatoms. The van der Waals surface area contributed by atoms with Gasteiger partial charge in [0.1, 0.15) is 18.1 Å². The molecule has 0 atom stereocenters. The minimum Gasteiger partial charge on any atom is -0.489 e. The number of H-pyrrole nitrogens is 1. The number of fused-ring (bicyclic) bond motifs is 1. The summed E-state index contributed by atoms with van der Waals surface area (Å²) in [5.41, 5.74) is 6.07. The van der Waals surface area contributed by atoms with Crippen LogP contribution in [0.4, 0.5) is 0 Å². The van der Waals surface area contributed by atoms with Crippen LogP contribution in [0.25, 0.3) is 33.5 Å². The lowest BCUT2D eigenvalue weighted by atomic mass is 10.1. The van der Waals surface area contributed by atoms with Gasteiger partial charge in [0.25, 0.3) is 0 Å². The molecule has 5 aromatic rings. The monoisotopic (exact) mass is 402 g/mol. The van der Waals surface area contributed by atoms with E-state index in [1.54, 1.807) is 24.5 Å². The highest BCUT2D eigenvalue weighted by atomic mass is 16.5. The number of nitriles is 1. The molecule has 2 heterocycles. The van der Waals surface area contributed by atoms with E-state index in [2.05, 4.69) is 22.1 Å². The molecule has 148 valence electrons.